The standard InChI is InChI=1S/C12H18N4O/c1-4-17-12(2,3)8-16-10-5-6-14-7-9(10)15-11(16)13/h5-7H,4,8H2,1-3H3,(H2,13,15). The number of ether oxygens (including phenoxy) is 1. The number of imidazole rings is 1. The van der Waals surface area contributed by atoms with Crippen LogP contribution in [0.25, 0.3) is 11.0 Å². The van der Waals surface area contributed by atoms with Gasteiger partial charge in [0.25, 0.3) is 0 Å². The highest BCUT2D eigenvalue weighted by molar-refractivity contribution is 5.77. The summed E-state index contributed by atoms with van der Waals surface area (Å²) in [6.07, 6.45) is 3.46. The predicted molar refractivity (Wildman–Crippen MR) is 67.6 cm³/mol. The first kappa shape index (κ1) is 11.9. The molecule has 17 heavy (non-hydrogen) atoms. The summed E-state index contributed by atoms with van der Waals surface area (Å²) in [4.78, 5) is 8.32. The van der Waals surface area contributed by atoms with Crippen molar-refractivity contribution in [3.8, 4) is 0 Å². The Hall–Kier alpha value is -1.62. The van der Waals surface area contributed by atoms with E-state index < -0.39 is 0 Å². The van der Waals surface area contributed by atoms with Gasteiger partial charge in [0.05, 0.1) is 23.9 Å². The minimum atomic E-state index is -0.264. The van der Waals surface area contributed by atoms with Crippen molar-refractivity contribution in [2.45, 2.75) is 32.9 Å². The average Bonchev–Trinajstić information content (AvgIpc) is 2.55. The van der Waals surface area contributed by atoms with Crippen molar-refractivity contribution >= 4 is 17.0 Å². The van der Waals surface area contributed by atoms with Crippen LogP contribution in [-0.4, -0.2) is 26.7 Å². The van der Waals surface area contributed by atoms with Gasteiger partial charge >= 0.3 is 0 Å². The minimum Gasteiger partial charge on any atom is -0.374 e. The molecule has 0 radical (unpaired) electrons. The van der Waals surface area contributed by atoms with Crippen molar-refractivity contribution in [3.05, 3.63) is 18.5 Å². The lowest BCUT2D eigenvalue weighted by atomic mass is 10.1. The number of hydrogen-bond donors (Lipinski definition) is 1. The summed E-state index contributed by atoms with van der Waals surface area (Å²) in [6, 6.07) is 1.92. The molecule has 0 bridgehead atoms. The van der Waals surface area contributed by atoms with Gasteiger partial charge < -0.3 is 15.0 Å². The number of nitrogens with zero attached hydrogens (tertiary/aromatic N) is 3. The van der Waals surface area contributed by atoms with Gasteiger partial charge in [0, 0.05) is 12.8 Å². The average molecular weight is 234 g/mol. The number of rotatable bonds is 4. The zero-order chi connectivity index (χ0) is 12.5. The largest absolute Gasteiger partial charge is 0.374 e. The van der Waals surface area contributed by atoms with Crippen molar-refractivity contribution in [1.82, 2.24) is 14.5 Å². The second-order valence-corrected chi connectivity index (χ2v) is 4.61. The lowest BCUT2D eigenvalue weighted by molar-refractivity contribution is -0.0212. The van der Waals surface area contributed by atoms with Crippen LogP contribution in [0.4, 0.5) is 5.95 Å². The van der Waals surface area contributed by atoms with E-state index in [-0.39, 0.29) is 5.60 Å². The number of anilines is 1. The first-order chi connectivity index (χ1) is 8.03. The maximum atomic E-state index is 5.93. The van der Waals surface area contributed by atoms with Gasteiger partial charge in [0.15, 0.2) is 0 Å². The molecule has 0 aliphatic rings. The molecule has 5 nitrogen and oxygen atoms in total. The number of nitrogens with two attached hydrogens (primary N) is 1. The van der Waals surface area contributed by atoms with E-state index in [0.29, 0.717) is 19.1 Å². The molecule has 0 aliphatic heterocycles. The summed E-state index contributed by atoms with van der Waals surface area (Å²) in [5.74, 6) is 0.501. The maximum absolute atomic E-state index is 5.93. The van der Waals surface area contributed by atoms with Crippen LogP contribution in [0.15, 0.2) is 18.5 Å². The number of nitrogen functional groups attached to an aromatic ring is 1. The van der Waals surface area contributed by atoms with E-state index in [1.165, 1.54) is 0 Å². The highest BCUT2D eigenvalue weighted by Crippen LogP contribution is 2.21. The highest BCUT2D eigenvalue weighted by atomic mass is 16.5. The third-order valence-electron chi connectivity index (χ3n) is 2.65. The van der Waals surface area contributed by atoms with Crippen LogP contribution in [0.1, 0.15) is 20.8 Å². The Kier molecular flexibility index (Phi) is 3.02. The molecule has 2 aromatic rings. The molecule has 92 valence electrons. The van der Waals surface area contributed by atoms with E-state index in [1.807, 2.05) is 31.4 Å². The van der Waals surface area contributed by atoms with E-state index in [0.717, 1.165) is 11.0 Å². The molecule has 0 saturated carbocycles. The van der Waals surface area contributed by atoms with Crippen LogP contribution in [0.3, 0.4) is 0 Å². The summed E-state index contributed by atoms with van der Waals surface area (Å²) in [5, 5.41) is 0. The Labute approximate surface area is 101 Å². The quantitative estimate of drug-likeness (QED) is 0.876. The van der Waals surface area contributed by atoms with Gasteiger partial charge in [0.2, 0.25) is 5.95 Å². The molecule has 0 unspecified atom stereocenters. The lowest BCUT2D eigenvalue weighted by Crippen LogP contribution is -2.31. The van der Waals surface area contributed by atoms with Crippen LogP contribution in [-0.2, 0) is 11.3 Å². The SMILES string of the molecule is CCOC(C)(C)Cn1c(N)nc2cnccc21. The molecule has 2 N–H and O–H groups in total. The first-order valence-corrected chi connectivity index (χ1v) is 5.73. The van der Waals surface area contributed by atoms with E-state index in [9.17, 15) is 0 Å². The monoisotopic (exact) mass is 234 g/mol. The van der Waals surface area contributed by atoms with E-state index in [2.05, 4.69) is 9.97 Å². The van der Waals surface area contributed by atoms with Gasteiger partial charge in [-0.2, -0.15) is 0 Å². The smallest absolute Gasteiger partial charge is 0.201 e. The van der Waals surface area contributed by atoms with Gasteiger partial charge in [-0.3, -0.25) is 4.98 Å². The Balaban J connectivity index is 2.38. The molecule has 2 heterocycles. The number of hydrogen-bond acceptors (Lipinski definition) is 4. The van der Waals surface area contributed by atoms with Crippen molar-refractivity contribution in [1.29, 1.82) is 0 Å². The highest BCUT2D eigenvalue weighted by Gasteiger charge is 2.21. The molecule has 0 amide bonds. The van der Waals surface area contributed by atoms with Gasteiger partial charge in [-0.15, -0.1) is 0 Å². The zero-order valence-electron chi connectivity index (χ0n) is 10.5. The van der Waals surface area contributed by atoms with Crippen molar-refractivity contribution in [2.75, 3.05) is 12.3 Å². The van der Waals surface area contributed by atoms with Gasteiger partial charge in [-0.1, -0.05) is 0 Å². The fraction of sp³-hybridized carbons (Fsp3) is 0.500. The number of fused-ring (bicyclic) bond motifs is 1. The van der Waals surface area contributed by atoms with E-state index >= 15 is 0 Å². The number of aromatic nitrogens is 3. The maximum Gasteiger partial charge on any atom is 0.201 e. The van der Waals surface area contributed by atoms with Crippen molar-refractivity contribution in [3.63, 3.8) is 0 Å². The van der Waals surface area contributed by atoms with Gasteiger partial charge in [-0.05, 0) is 26.8 Å². The van der Waals surface area contributed by atoms with Crippen LogP contribution in [0, 0.1) is 0 Å². The van der Waals surface area contributed by atoms with Crippen LogP contribution in [0.2, 0.25) is 0 Å². The van der Waals surface area contributed by atoms with E-state index in [4.69, 9.17) is 10.5 Å². The van der Waals surface area contributed by atoms with Crippen LogP contribution >= 0.6 is 0 Å². The molecule has 0 aromatic carbocycles. The fourth-order valence-electron chi connectivity index (χ4n) is 1.98. The molecule has 5 heteroatoms. The summed E-state index contributed by atoms with van der Waals surface area (Å²) < 4.78 is 7.65. The molecule has 2 rings (SSSR count). The molecular weight excluding hydrogens is 216 g/mol. The van der Waals surface area contributed by atoms with Crippen LogP contribution < -0.4 is 5.73 Å². The Morgan fingerprint density at radius 1 is 1.47 bits per heavy atom. The summed E-state index contributed by atoms with van der Waals surface area (Å²) in [7, 11) is 0. The van der Waals surface area contributed by atoms with Crippen molar-refractivity contribution in [2.24, 2.45) is 0 Å². The lowest BCUT2D eigenvalue weighted by Gasteiger charge is -2.25. The third kappa shape index (κ3) is 2.39. The minimum absolute atomic E-state index is 0.264. The first-order valence-electron chi connectivity index (χ1n) is 5.73. The normalized spacial score (nSPS) is 12.2. The molecular formula is C12H18N4O. The topological polar surface area (TPSA) is 66.0 Å². The zero-order valence-corrected chi connectivity index (χ0v) is 10.5. The molecule has 0 fully saturated rings. The molecule has 0 spiro atoms. The predicted octanol–water partition coefficient (Wildman–Crippen LogP) is 1.83. The van der Waals surface area contributed by atoms with Gasteiger partial charge in [-0.25, -0.2) is 4.98 Å². The second kappa shape index (κ2) is 4.33. The molecule has 0 aliphatic carbocycles. The molecule has 2 aromatic heterocycles. The van der Waals surface area contributed by atoms with Gasteiger partial charge in [0.1, 0.15) is 5.52 Å². The Morgan fingerprint density at radius 2 is 2.24 bits per heavy atom. The third-order valence-corrected chi connectivity index (χ3v) is 2.65. The number of pyridine rings is 1. The second-order valence-electron chi connectivity index (χ2n) is 4.61. The summed E-state index contributed by atoms with van der Waals surface area (Å²) >= 11 is 0. The Morgan fingerprint density at radius 3 is 2.94 bits per heavy atom. The molecule has 0 atom stereocenters. The summed E-state index contributed by atoms with van der Waals surface area (Å²) in [5.41, 5.74) is 7.47. The van der Waals surface area contributed by atoms with E-state index in [1.54, 1.807) is 12.4 Å². The van der Waals surface area contributed by atoms with Crippen LogP contribution in [0.5, 0.6) is 0 Å². The summed E-state index contributed by atoms with van der Waals surface area (Å²) in [6.45, 7) is 7.43. The molecule has 0 saturated heterocycles. The fourth-order valence-corrected chi connectivity index (χ4v) is 1.98. The Bertz CT molecular complexity index is 518. The van der Waals surface area contributed by atoms with Crippen molar-refractivity contribution < 1.29 is 4.74 Å².